The molecule has 2 N–H and O–H groups in total. The highest BCUT2D eigenvalue weighted by Crippen LogP contribution is 2.39. The molecule has 0 aliphatic heterocycles. The minimum absolute atomic E-state index is 0. The van der Waals surface area contributed by atoms with Crippen molar-refractivity contribution in [1.82, 2.24) is 0 Å². The molecule has 23 heavy (non-hydrogen) atoms. The van der Waals surface area contributed by atoms with Gasteiger partial charge >= 0.3 is 7.82 Å². The lowest BCUT2D eigenvalue weighted by atomic mass is 10.2. The van der Waals surface area contributed by atoms with Gasteiger partial charge in [-0.05, 0) is 24.2 Å². The zero-order valence-corrected chi connectivity index (χ0v) is 15.6. The Morgan fingerprint density at radius 2 is 1.78 bits per heavy atom. The molecular weight excluding hydrogens is 331 g/mol. The molecule has 0 aromatic heterocycles. The molecule has 0 aliphatic carbocycles. The lowest BCUT2D eigenvalue weighted by molar-refractivity contribution is 0.283. The summed E-state index contributed by atoms with van der Waals surface area (Å²) in [5.74, 6) is 0.152. The first-order valence-corrected chi connectivity index (χ1v) is 11.5. The highest BCUT2D eigenvalue weighted by molar-refractivity contribution is 7.46. The standard InChI is InChI=1S/C15H25O5PSi.CH4/c1-15(2,3)22(4,5)19-12-8-10-13-9-6-7-11-14(13)20-21(16,17)18;/h6-11H,12H2,1-5H3,(H2,16,17,18);1H4/b10-8-;. The molecule has 0 unspecified atom stereocenters. The van der Waals surface area contributed by atoms with Gasteiger partial charge in [-0.1, -0.05) is 58.5 Å². The molecule has 1 aromatic rings. The monoisotopic (exact) mass is 360 g/mol. The van der Waals surface area contributed by atoms with Gasteiger partial charge < -0.3 is 8.95 Å². The van der Waals surface area contributed by atoms with E-state index in [1.807, 2.05) is 6.08 Å². The van der Waals surface area contributed by atoms with Gasteiger partial charge in [-0.2, -0.15) is 0 Å². The summed E-state index contributed by atoms with van der Waals surface area (Å²) in [6, 6.07) is 6.69. The third kappa shape index (κ3) is 7.46. The van der Waals surface area contributed by atoms with Gasteiger partial charge in [-0.25, -0.2) is 4.57 Å². The molecule has 1 aromatic carbocycles. The molecule has 7 heteroatoms. The van der Waals surface area contributed by atoms with Crippen molar-refractivity contribution in [3.8, 4) is 5.75 Å². The summed E-state index contributed by atoms with van der Waals surface area (Å²) in [7, 11) is -6.36. The number of rotatable bonds is 6. The Balaban J connectivity index is 0.00000484. The second-order valence-corrected chi connectivity index (χ2v) is 12.6. The molecule has 0 bridgehead atoms. The van der Waals surface area contributed by atoms with E-state index in [0.29, 0.717) is 12.2 Å². The second kappa shape index (κ2) is 8.26. The number of hydrogen-bond donors (Lipinski definition) is 2. The second-order valence-electron chi connectivity index (χ2n) is 6.59. The summed E-state index contributed by atoms with van der Waals surface area (Å²) in [4.78, 5) is 17.8. The molecule has 0 aliphatic rings. The van der Waals surface area contributed by atoms with Crippen molar-refractivity contribution in [3.63, 3.8) is 0 Å². The molecule has 0 amide bonds. The van der Waals surface area contributed by atoms with Crippen LogP contribution in [0.4, 0.5) is 0 Å². The van der Waals surface area contributed by atoms with Crippen molar-refractivity contribution in [3.05, 3.63) is 35.9 Å². The van der Waals surface area contributed by atoms with Gasteiger partial charge in [0.25, 0.3) is 0 Å². The van der Waals surface area contributed by atoms with Crippen LogP contribution in [0.1, 0.15) is 33.8 Å². The maximum Gasteiger partial charge on any atom is 0.524 e. The first-order valence-electron chi connectivity index (χ1n) is 7.07. The number of phosphoric acid groups is 1. The quantitative estimate of drug-likeness (QED) is 0.561. The van der Waals surface area contributed by atoms with E-state index >= 15 is 0 Å². The van der Waals surface area contributed by atoms with Crippen LogP contribution >= 0.6 is 7.82 Å². The van der Waals surface area contributed by atoms with Crippen LogP contribution in [-0.4, -0.2) is 24.7 Å². The van der Waals surface area contributed by atoms with E-state index in [2.05, 4.69) is 38.4 Å². The molecule has 0 fully saturated rings. The van der Waals surface area contributed by atoms with Crippen LogP contribution in [0.15, 0.2) is 30.3 Å². The number of benzene rings is 1. The summed E-state index contributed by atoms with van der Waals surface area (Å²) in [5, 5.41) is 0.141. The first-order chi connectivity index (χ1) is 9.92. The van der Waals surface area contributed by atoms with Crippen molar-refractivity contribution in [2.24, 2.45) is 0 Å². The molecule has 0 radical (unpaired) electrons. The SMILES string of the molecule is C.CC(C)(C)[Si](C)(C)OC/C=C\c1ccccc1OP(=O)(O)O. The van der Waals surface area contributed by atoms with Gasteiger partial charge in [-0.3, -0.25) is 9.79 Å². The van der Waals surface area contributed by atoms with Crippen LogP contribution in [0.3, 0.4) is 0 Å². The molecule has 5 nitrogen and oxygen atoms in total. The van der Waals surface area contributed by atoms with E-state index in [-0.39, 0.29) is 18.2 Å². The molecule has 0 atom stereocenters. The summed E-state index contributed by atoms with van der Waals surface area (Å²) < 4.78 is 21.6. The fraction of sp³-hybridized carbons (Fsp3) is 0.500. The van der Waals surface area contributed by atoms with Crippen LogP contribution in [-0.2, 0) is 8.99 Å². The molecule has 0 spiro atoms. The minimum Gasteiger partial charge on any atom is -0.413 e. The Labute approximate surface area is 140 Å². The molecule has 0 saturated carbocycles. The first kappa shape index (κ1) is 22.1. The highest BCUT2D eigenvalue weighted by Gasteiger charge is 2.36. The van der Waals surface area contributed by atoms with Crippen molar-refractivity contribution < 1.29 is 23.3 Å². The summed E-state index contributed by atoms with van der Waals surface area (Å²) in [6.45, 7) is 11.3. The van der Waals surface area contributed by atoms with Gasteiger partial charge in [0.15, 0.2) is 8.32 Å². The molecule has 0 saturated heterocycles. The van der Waals surface area contributed by atoms with Crippen LogP contribution in [0.25, 0.3) is 6.08 Å². The average Bonchev–Trinajstić information content (AvgIpc) is 2.33. The third-order valence-electron chi connectivity index (χ3n) is 3.78. The zero-order valence-electron chi connectivity index (χ0n) is 13.7. The van der Waals surface area contributed by atoms with Crippen LogP contribution in [0.2, 0.25) is 18.1 Å². The number of hydrogen-bond acceptors (Lipinski definition) is 3. The third-order valence-corrected chi connectivity index (χ3v) is 8.72. The number of phosphoric ester groups is 1. The Hall–Kier alpha value is -0.913. The topological polar surface area (TPSA) is 76.0 Å². The Morgan fingerprint density at radius 3 is 2.30 bits per heavy atom. The van der Waals surface area contributed by atoms with E-state index in [9.17, 15) is 4.57 Å². The van der Waals surface area contributed by atoms with Crippen molar-refractivity contribution >= 4 is 22.2 Å². The average molecular weight is 360 g/mol. The largest absolute Gasteiger partial charge is 0.524 e. The smallest absolute Gasteiger partial charge is 0.413 e. The van der Waals surface area contributed by atoms with Crippen molar-refractivity contribution in [1.29, 1.82) is 0 Å². The van der Waals surface area contributed by atoms with Crippen molar-refractivity contribution in [2.45, 2.75) is 46.3 Å². The predicted octanol–water partition coefficient (Wildman–Crippen LogP) is 4.83. The summed E-state index contributed by atoms with van der Waals surface area (Å²) in [5.41, 5.74) is 0.602. The molecular formula is C16H29O5PSi. The van der Waals surface area contributed by atoms with E-state index < -0.39 is 16.1 Å². The van der Waals surface area contributed by atoms with E-state index in [1.54, 1.807) is 24.3 Å². The maximum atomic E-state index is 11.0. The normalized spacial score (nSPS) is 13.0. The van der Waals surface area contributed by atoms with Crippen molar-refractivity contribution in [2.75, 3.05) is 6.61 Å². The number of para-hydroxylation sites is 1. The Morgan fingerprint density at radius 1 is 1.22 bits per heavy atom. The lowest BCUT2D eigenvalue weighted by Crippen LogP contribution is -2.40. The minimum atomic E-state index is -4.56. The predicted molar refractivity (Wildman–Crippen MR) is 98.0 cm³/mol. The van der Waals surface area contributed by atoms with Crippen LogP contribution in [0.5, 0.6) is 5.75 Å². The molecule has 132 valence electrons. The van der Waals surface area contributed by atoms with Gasteiger partial charge in [0.1, 0.15) is 5.75 Å². The summed E-state index contributed by atoms with van der Waals surface area (Å²) in [6.07, 6.45) is 3.58. The van der Waals surface area contributed by atoms with E-state index in [0.717, 1.165) is 0 Å². The zero-order chi connectivity index (χ0) is 17.0. The molecule has 1 rings (SSSR count). The van der Waals surface area contributed by atoms with Gasteiger partial charge in [0.05, 0.1) is 6.61 Å². The van der Waals surface area contributed by atoms with E-state index in [1.165, 1.54) is 6.07 Å². The van der Waals surface area contributed by atoms with Gasteiger partial charge in [0.2, 0.25) is 0 Å². The fourth-order valence-corrected chi connectivity index (χ4v) is 2.85. The van der Waals surface area contributed by atoms with Gasteiger partial charge in [-0.15, -0.1) is 0 Å². The Kier molecular flexibility index (Phi) is 7.94. The van der Waals surface area contributed by atoms with Crippen LogP contribution < -0.4 is 4.52 Å². The van der Waals surface area contributed by atoms with Crippen LogP contribution in [0, 0.1) is 0 Å². The molecule has 0 heterocycles. The lowest BCUT2D eigenvalue weighted by Gasteiger charge is -2.35. The Bertz CT molecular complexity index is 572. The summed E-state index contributed by atoms with van der Waals surface area (Å²) >= 11 is 0. The van der Waals surface area contributed by atoms with E-state index in [4.69, 9.17) is 14.2 Å². The highest BCUT2D eigenvalue weighted by atomic mass is 31.2. The fourth-order valence-electron chi connectivity index (χ4n) is 1.48. The maximum absolute atomic E-state index is 11.0. The van der Waals surface area contributed by atoms with Gasteiger partial charge in [0, 0.05) is 5.56 Å².